The number of amides is 1. The van der Waals surface area contributed by atoms with Crippen LogP contribution in [-0.2, 0) is 6.54 Å². The number of benzene rings is 1. The van der Waals surface area contributed by atoms with Crippen LogP contribution < -0.4 is 4.80 Å². The first-order valence-electron chi connectivity index (χ1n) is 6.36. The maximum Gasteiger partial charge on any atom is 0.299 e. The zero-order valence-corrected chi connectivity index (χ0v) is 11.9. The van der Waals surface area contributed by atoms with E-state index in [2.05, 4.69) is 15.0 Å². The number of carbonyl (C=O) groups excluding carboxylic acids is 1. The van der Waals surface area contributed by atoms with E-state index >= 15 is 0 Å². The molecule has 0 saturated carbocycles. The van der Waals surface area contributed by atoms with Gasteiger partial charge in [0.15, 0.2) is 4.80 Å². The molecule has 0 unspecified atom stereocenters. The number of aromatic nitrogens is 3. The lowest BCUT2D eigenvalue weighted by molar-refractivity contribution is 0.0992. The van der Waals surface area contributed by atoms with Crippen molar-refractivity contribution < 1.29 is 4.79 Å². The Morgan fingerprint density at radius 1 is 1.24 bits per heavy atom. The zero-order chi connectivity index (χ0) is 14.5. The van der Waals surface area contributed by atoms with Crippen molar-refractivity contribution in [1.82, 2.24) is 14.5 Å². The molecule has 0 atom stereocenters. The third kappa shape index (κ3) is 3.29. The van der Waals surface area contributed by atoms with E-state index in [4.69, 9.17) is 0 Å². The maximum atomic E-state index is 12.0. The predicted molar refractivity (Wildman–Crippen MR) is 79.8 cm³/mol. The second-order valence-corrected chi connectivity index (χ2v) is 5.18. The minimum absolute atomic E-state index is 0.247. The molecule has 1 amide bonds. The second kappa shape index (κ2) is 6.23. The van der Waals surface area contributed by atoms with Gasteiger partial charge in [-0.15, -0.1) is 11.3 Å². The van der Waals surface area contributed by atoms with Crippen molar-refractivity contribution in [3.63, 3.8) is 0 Å². The molecule has 0 aliphatic carbocycles. The highest BCUT2D eigenvalue weighted by molar-refractivity contribution is 7.07. The average molecular weight is 296 g/mol. The fourth-order valence-corrected chi connectivity index (χ4v) is 2.57. The molecule has 0 bridgehead atoms. The Bertz CT molecular complexity index is 793. The molecule has 0 aliphatic heterocycles. The molecule has 3 rings (SSSR count). The number of hydrogen-bond acceptors (Lipinski definition) is 4. The molecule has 0 aliphatic rings. The average Bonchev–Trinajstić information content (AvgIpc) is 2.96. The summed E-state index contributed by atoms with van der Waals surface area (Å²) in [5.41, 5.74) is 1.40. The summed E-state index contributed by atoms with van der Waals surface area (Å²) in [6.07, 6.45) is 6.34. The first-order valence-corrected chi connectivity index (χ1v) is 7.24. The van der Waals surface area contributed by atoms with Crippen molar-refractivity contribution in [1.29, 1.82) is 0 Å². The van der Waals surface area contributed by atoms with Gasteiger partial charge in [-0.3, -0.25) is 9.78 Å². The van der Waals surface area contributed by atoms with Crippen LogP contribution in [0.25, 0.3) is 0 Å². The quantitative estimate of drug-likeness (QED) is 0.744. The third-order valence-electron chi connectivity index (χ3n) is 2.84. The summed E-state index contributed by atoms with van der Waals surface area (Å²) >= 11 is 1.42. The highest BCUT2D eigenvalue weighted by atomic mass is 32.1. The lowest BCUT2D eigenvalue weighted by Crippen LogP contribution is -2.17. The van der Waals surface area contributed by atoms with Crippen LogP contribution in [0, 0.1) is 0 Å². The standard InChI is InChI=1S/C15H12N4OS/c20-14(13-10-16-6-7-17-13)18-15-19(8-9-21-15)11-12-4-2-1-3-5-12/h1-10H,11H2. The smallest absolute Gasteiger partial charge is 0.299 e. The van der Waals surface area contributed by atoms with Gasteiger partial charge in [0.25, 0.3) is 5.91 Å². The monoisotopic (exact) mass is 296 g/mol. The topological polar surface area (TPSA) is 60.1 Å². The second-order valence-electron chi connectivity index (χ2n) is 4.31. The summed E-state index contributed by atoms with van der Waals surface area (Å²) < 4.78 is 1.94. The van der Waals surface area contributed by atoms with E-state index in [-0.39, 0.29) is 11.6 Å². The number of thiazole rings is 1. The van der Waals surface area contributed by atoms with Gasteiger partial charge in [-0.2, -0.15) is 4.99 Å². The first-order chi connectivity index (χ1) is 10.3. The first kappa shape index (κ1) is 13.4. The Labute approximate surface area is 125 Å². The van der Waals surface area contributed by atoms with E-state index < -0.39 is 0 Å². The Morgan fingerprint density at radius 2 is 2.10 bits per heavy atom. The summed E-state index contributed by atoms with van der Waals surface area (Å²) in [7, 11) is 0. The third-order valence-corrected chi connectivity index (χ3v) is 3.63. The van der Waals surface area contributed by atoms with Gasteiger partial charge >= 0.3 is 0 Å². The Morgan fingerprint density at radius 3 is 2.86 bits per heavy atom. The molecule has 0 N–H and O–H groups in total. The van der Waals surface area contributed by atoms with Gasteiger partial charge in [0.05, 0.1) is 6.20 Å². The zero-order valence-electron chi connectivity index (χ0n) is 11.1. The fraction of sp³-hybridized carbons (Fsp3) is 0.0667. The van der Waals surface area contributed by atoms with Crippen LogP contribution in [0.2, 0.25) is 0 Å². The van der Waals surface area contributed by atoms with Crippen LogP contribution in [0.15, 0.2) is 65.5 Å². The summed E-state index contributed by atoms with van der Waals surface area (Å²) in [5, 5.41) is 1.91. The normalized spacial score (nSPS) is 11.5. The van der Waals surface area contributed by atoms with E-state index in [1.165, 1.54) is 29.9 Å². The van der Waals surface area contributed by atoms with Gasteiger partial charge in [0.1, 0.15) is 5.69 Å². The van der Waals surface area contributed by atoms with Crippen LogP contribution in [0.3, 0.4) is 0 Å². The molecule has 0 radical (unpaired) electrons. The van der Waals surface area contributed by atoms with Gasteiger partial charge in [-0.05, 0) is 5.56 Å². The van der Waals surface area contributed by atoms with E-state index in [0.29, 0.717) is 11.3 Å². The molecule has 2 aromatic heterocycles. The molecule has 5 nitrogen and oxygen atoms in total. The van der Waals surface area contributed by atoms with Gasteiger partial charge in [-0.25, -0.2) is 4.98 Å². The van der Waals surface area contributed by atoms with E-state index in [0.717, 1.165) is 5.56 Å². The predicted octanol–water partition coefficient (Wildman–Crippen LogP) is 2.13. The maximum absolute atomic E-state index is 12.0. The number of carbonyl (C=O) groups is 1. The lowest BCUT2D eigenvalue weighted by Gasteiger charge is -2.02. The van der Waals surface area contributed by atoms with E-state index in [9.17, 15) is 4.79 Å². The van der Waals surface area contributed by atoms with Crippen molar-refractivity contribution in [2.75, 3.05) is 0 Å². The minimum atomic E-state index is -0.382. The summed E-state index contributed by atoms with van der Waals surface area (Å²) in [4.78, 5) is 24.7. The van der Waals surface area contributed by atoms with Crippen LogP contribution in [0.1, 0.15) is 16.1 Å². The summed E-state index contributed by atoms with van der Waals surface area (Å²) in [6, 6.07) is 10.0. The molecule has 21 heavy (non-hydrogen) atoms. The Balaban J connectivity index is 1.89. The van der Waals surface area contributed by atoms with E-state index in [1.54, 1.807) is 0 Å². The number of nitrogens with zero attached hydrogens (tertiary/aromatic N) is 4. The lowest BCUT2D eigenvalue weighted by atomic mass is 10.2. The number of hydrogen-bond donors (Lipinski definition) is 0. The molecule has 6 heteroatoms. The summed E-state index contributed by atoms with van der Waals surface area (Å²) in [5.74, 6) is -0.382. The van der Waals surface area contributed by atoms with Gasteiger partial charge < -0.3 is 4.57 Å². The number of rotatable bonds is 3. The molecule has 3 aromatic rings. The van der Waals surface area contributed by atoms with Gasteiger partial charge in [0.2, 0.25) is 0 Å². The molecular formula is C15H12N4OS. The molecular weight excluding hydrogens is 284 g/mol. The van der Waals surface area contributed by atoms with Crippen molar-refractivity contribution in [3.8, 4) is 0 Å². The summed E-state index contributed by atoms with van der Waals surface area (Å²) in [6.45, 7) is 0.678. The molecule has 0 saturated heterocycles. The Hall–Kier alpha value is -2.60. The van der Waals surface area contributed by atoms with E-state index in [1.807, 2.05) is 46.5 Å². The van der Waals surface area contributed by atoms with Crippen LogP contribution in [0.5, 0.6) is 0 Å². The van der Waals surface area contributed by atoms with Crippen molar-refractivity contribution in [2.45, 2.75) is 6.54 Å². The molecule has 104 valence electrons. The molecule has 0 spiro atoms. The minimum Gasteiger partial charge on any atom is -0.319 e. The highest BCUT2D eigenvalue weighted by Gasteiger charge is 2.06. The van der Waals surface area contributed by atoms with Gasteiger partial charge in [-0.1, -0.05) is 30.3 Å². The largest absolute Gasteiger partial charge is 0.319 e. The van der Waals surface area contributed by atoms with Crippen LogP contribution in [0.4, 0.5) is 0 Å². The molecule has 2 heterocycles. The molecule has 1 aromatic carbocycles. The Kier molecular flexibility index (Phi) is 3.97. The SMILES string of the molecule is O=C(N=c1sccn1Cc1ccccc1)c1cnccn1. The highest BCUT2D eigenvalue weighted by Crippen LogP contribution is 2.02. The fourth-order valence-electron chi connectivity index (χ4n) is 1.84. The van der Waals surface area contributed by atoms with Gasteiger partial charge in [0, 0.05) is 30.5 Å². The van der Waals surface area contributed by atoms with Crippen LogP contribution >= 0.6 is 11.3 Å². The molecule has 0 fully saturated rings. The van der Waals surface area contributed by atoms with Crippen LogP contribution in [-0.4, -0.2) is 20.4 Å². The van der Waals surface area contributed by atoms with Crippen molar-refractivity contribution >= 4 is 17.2 Å². The van der Waals surface area contributed by atoms with Crippen molar-refractivity contribution in [3.05, 3.63) is 76.6 Å². The van der Waals surface area contributed by atoms with Crippen molar-refractivity contribution in [2.24, 2.45) is 4.99 Å².